The Balaban J connectivity index is 1.96. The van der Waals surface area contributed by atoms with Crippen molar-refractivity contribution in [2.24, 2.45) is 0 Å². The summed E-state index contributed by atoms with van der Waals surface area (Å²) < 4.78 is 14.0. The first-order valence-corrected chi connectivity index (χ1v) is 7.49. The SMILES string of the molecule is CC[C@@H]1Cc2c([nH]c3ccccc23)CN1CC(C)(C)F. The number of halogens is 1. The summed E-state index contributed by atoms with van der Waals surface area (Å²) in [6.07, 6.45) is 2.08. The van der Waals surface area contributed by atoms with Crippen LogP contribution in [-0.4, -0.2) is 28.1 Å². The minimum atomic E-state index is -1.14. The van der Waals surface area contributed by atoms with Crippen molar-refractivity contribution in [2.45, 2.75) is 51.9 Å². The van der Waals surface area contributed by atoms with E-state index in [-0.39, 0.29) is 0 Å². The summed E-state index contributed by atoms with van der Waals surface area (Å²) in [4.78, 5) is 5.80. The smallest absolute Gasteiger partial charge is 0.118 e. The van der Waals surface area contributed by atoms with Crippen molar-refractivity contribution < 1.29 is 4.39 Å². The molecule has 3 heteroatoms. The van der Waals surface area contributed by atoms with Gasteiger partial charge in [-0.2, -0.15) is 0 Å². The van der Waals surface area contributed by atoms with E-state index < -0.39 is 5.67 Å². The van der Waals surface area contributed by atoms with Crippen LogP contribution in [0.1, 0.15) is 38.4 Å². The van der Waals surface area contributed by atoms with Crippen molar-refractivity contribution in [3.8, 4) is 0 Å². The number of fused-ring (bicyclic) bond motifs is 3. The maximum absolute atomic E-state index is 14.0. The highest BCUT2D eigenvalue weighted by molar-refractivity contribution is 5.84. The summed E-state index contributed by atoms with van der Waals surface area (Å²) >= 11 is 0. The van der Waals surface area contributed by atoms with E-state index in [4.69, 9.17) is 0 Å². The van der Waals surface area contributed by atoms with Crippen LogP contribution in [0.2, 0.25) is 0 Å². The van der Waals surface area contributed by atoms with Crippen LogP contribution >= 0.6 is 0 Å². The molecule has 0 radical (unpaired) electrons. The molecule has 1 aromatic carbocycles. The number of benzene rings is 1. The second-order valence-electron chi connectivity index (χ2n) is 6.52. The summed E-state index contributed by atoms with van der Waals surface area (Å²) in [6, 6.07) is 8.90. The maximum Gasteiger partial charge on any atom is 0.118 e. The number of para-hydroxylation sites is 1. The third-order valence-electron chi connectivity index (χ3n) is 4.27. The molecule has 0 aliphatic carbocycles. The molecule has 3 rings (SSSR count). The van der Waals surface area contributed by atoms with Gasteiger partial charge in [-0.05, 0) is 38.3 Å². The van der Waals surface area contributed by atoms with Crippen LogP contribution in [-0.2, 0) is 13.0 Å². The quantitative estimate of drug-likeness (QED) is 0.894. The van der Waals surface area contributed by atoms with Gasteiger partial charge < -0.3 is 4.98 Å². The summed E-state index contributed by atoms with van der Waals surface area (Å²) in [5.41, 5.74) is 2.76. The molecular weight excluding hydrogens is 251 g/mol. The number of hydrogen-bond acceptors (Lipinski definition) is 1. The van der Waals surface area contributed by atoms with Crippen LogP contribution in [0.15, 0.2) is 24.3 Å². The zero-order valence-electron chi connectivity index (χ0n) is 12.5. The van der Waals surface area contributed by atoms with E-state index in [2.05, 4.69) is 41.1 Å². The lowest BCUT2D eigenvalue weighted by molar-refractivity contribution is 0.0772. The monoisotopic (exact) mass is 274 g/mol. The lowest BCUT2D eigenvalue weighted by Gasteiger charge is -2.37. The molecule has 1 aliphatic heterocycles. The molecule has 0 unspecified atom stereocenters. The number of H-pyrrole nitrogens is 1. The predicted molar refractivity (Wildman–Crippen MR) is 81.7 cm³/mol. The number of aromatic nitrogens is 1. The molecular formula is C17H23FN2. The summed E-state index contributed by atoms with van der Waals surface area (Å²) in [6.45, 7) is 6.86. The van der Waals surface area contributed by atoms with Gasteiger partial charge in [-0.3, -0.25) is 4.90 Å². The van der Waals surface area contributed by atoms with Crippen LogP contribution in [0, 0.1) is 0 Å². The topological polar surface area (TPSA) is 19.0 Å². The number of nitrogens with zero attached hydrogens (tertiary/aromatic N) is 1. The zero-order valence-corrected chi connectivity index (χ0v) is 12.5. The zero-order chi connectivity index (χ0) is 14.3. The fourth-order valence-electron chi connectivity index (χ4n) is 3.39. The molecule has 0 bridgehead atoms. The Bertz CT molecular complexity index is 609. The minimum Gasteiger partial charge on any atom is -0.357 e. The van der Waals surface area contributed by atoms with E-state index in [0.717, 1.165) is 19.4 Å². The molecule has 0 fully saturated rings. The summed E-state index contributed by atoms with van der Waals surface area (Å²) in [7, 11) is 0. The van der Waals surface area contributed by atoms with Gasteiger partial charge in [0.1, 0.15) is 5.67 Å². The molecule has 0 saturated carbocycles. The largest absolute Gasteiger partial charge is 0.357 e. The van der Waals surface area contributed by atoms with Crippen molar-refractivity contribution in [3.63, 3.8) is 0 Å². The van der Waals surface area contributed by atoms with Gasteiger partial charge in [0.15, 0.2) is 0 Å². The summed E-state index contributed by atoms with van der Waals surface area (Å²) in [5, 5.41) is 1.33. The Labute approximate surface area is 120 Å². The van der Waals surface area contributed by atoms with Gasteiger partial charge in [0.2, 0.25) is 0 Å². The third kappa shape index (κ3) is 2.47. The number of alkyl halides is 1. The number of hydrogen-bond donors (Lipinski definition) is 1. The van der Waals surface area contributed by atoms with Crippen molar-refractivity contribution in [2.75, 3.05) is 6.54 Å². The number of nitrogens with one attached hydrogen (secondary N) is 1. The third-order valence-corrected chi connectivity index (χ3v) is 4.27. The second kappa shape index (κ2) is 4.88. The average molecular weight is 274 g/mol. The maximum atomic E-state index is 14.0. The molecule has 0 spiro atoms. The highest BCUT2D eigenvalue weighted by Crippen LogP contribution is 2.32. The highest BCUT2D eigenvalue weighted by Gasteiger charge is 2.31. The average Bonchev–Trinajstić information content (AvgIpc) is 2.73. The first-order chi connectivity index (χ1) is 9.48. The second-order valence-corrected chi connectivity index (χ2v) is 6.52. The molecule has 1 aromatic heterocycles. The normalized spacial score (nSPS) is 20.3. The molecule has 20 heavy (non-hydrogen) atoms. The van der Waals surface area contributed by atoms with Crippen LogP contribution < -0.4 is 0 Å². The molecule has 0 amide bonds. The standard InChI is InChI=1S/C17H23FN2/c1-4-12-9-14-13-7-5-6-8-15(13)19-16(14)10-20(12)11-17(2,3)18/h5-8,12,19H,4,9-11H2,1-3H3/t12-/m1/s1. The van der Waals surface area contributed by atoms with Crippen LogP contribution in [0.5, 0.6) is 0 Å². The fraction of sp³-hybridized carbons (Fsp3) is 0.529. The van der Waals surface area contributed by atoms with Gasteiger partial charge >= 0.3 is 0 Å². The van der Waals surface area contributed by atoms with E-state index in [1.54, 1.807) is 13.8 Å². The number of rotatable bonds is 3. The van der Waals surface area contributed by atoms with E-state index in [1.807, 2.05) is 0 Å². The molecule has 1 aliphatic rings. The van der Waals surface area contributed by atoms with E-state index in [1.165, 1.54) is 22.2 Å². The van der Waals surface area contributed by atoms with Gasteiger partial charge in [0.25, 0.3) is 0 Å². The Hall–Kier alpha value is -1.35. The Morgan fingerprint density at radius 2 is 2.10 bits per heavy atom. The minimum absolute atomic E-state index is 0.441. The van der Waals surface area contributed by atoms with Crippen LogP contribution in [0.25, 0.3) is 10.9 Å². The van der Waals surface area contributed by atoms with Crippen LogP contribution in [0.3, 0.4) is 0 Å². The van der Waals surface area contributed by atoms with Crippen LogP contribution in [0.4, 0.5) is 4.39 Å². The van der Waals surface area contributed by atoms with E-state index in [9.17, 15) is 4.39 Å². The van der Waals surface area contributed by atoms with Gasteiger partial charge in [-0.15, -0.1) is 0 Å². The molecule has 2 heterocycles. The van der Waals surface area contributed by atoms with E-state index in [0.29, 0.717) is 12.6 Å². The Morgan fingerprint density at radius 1 is 1.35 bits per heavy atom. The van der Waals surface area contributed by atoms with Crippen molar-refractivity contribution in [3.05, 3.63) is 35.5 Å². The Kier molecular flexibility index (Phi) is 3.33. The first-order valence-electron chi connectivity index (χ1n) is 7.49. The molecule has 1 atom stereocenters. The molecule has 2 nitrogen and oxygen atoms in total. The van der Waals surface area contributed by atoms with Gasteiger partial charge in [-0.25, -0.2) is 4.39 Å². The molecule has 108 valence electrons. The van der Waals surface area contributed by atoms with Crippen molar-refractivity contribution >= 4 is 10.9 Å². The molecule has 0 saturated heterocycles. The van der Waals surface area contributed by atoms with Gasteiger partial charge in [-0.1, -0.05) is 25.1 Å². The fourth-order valence-corrected chi connectivity index (χ4v) is 3.39. The van der Waals surface area contributed by atoms with Gasteiger partial charge in [0, 0.05) is 35.7 Å². The highest BCUT2D eigenvalue weighted by atomic mass is 19.1. The first kappa shape index (κ1) is 13.6. The van der Waals surface area contributed by atoms with E-state index >= 15 is 0 Å². The summed E-state index contributed by atoms with van der Waals surface area (Å²) in [5.74, 6) is 0. The number of aromatic amines is 1. The molecule has 2 aromatic rings. The molecule has 1 N–H and O–H groups in total. The predicted octanol–water partition coefficient (Wildman–Crippen LogP) is 4.05. The lowest BCUT2D eigenvalue weighted by atomic mass is 9.94. The van der Waals surface area contributed by atoms with Crippen molar-refractivity contribution in [1.82, 2.24) is 9.88 Å². The Morgan fingerprint density at radius 3 is 2.80 bits per heavy atom. The van der Waals surface area contributed by atoms with Crippen molar-refractivity contribution in [1.29, 1.82) is 0 Å². The lowest BCUT2D eigenvalue weighted by Crippen LogP contribution is -2.45. The van der Waals surface area contributed by atoms with Gasteiger partial charge in [0.05, 0.1) is 0 Å².